The average Bonchev–Trinajstić information content (AvgIpc) is 3.79. The Bertz CT molecular complexity index is 3030. The fourth-order valence-electron chi connectivity index (χ4n) is 8.49. The van der Waals surface area contributed by atoms with Crippen molar-refractivity contribution < 1.29 is 0 Å². The molecule has 0 aliphatic heterocycles. The van der Waals surface area contributed by atoms with Gasteiger partial charge in [0.05, 0.1) is 33.5 Å². The number of fused-ring (bicyclic) bond motifs is 6. The van der Waals surface area contributed by atoms with Gasteiger partial charge in [-0.05, 0) is 107 Å². The monoisotopic (exact) mass is 713 g/mol. The number of aromatic nitrogens is 3. The van der Waals surface area contributed by atoms with Gasteiger partial charge in [-0.3, -0.25) is 0 Å². The summed E-state index contributed by atoms with van der Waals surface area (Å²) in [5.41, 5.74) is 15.9. The van der Waals surface area contributed by atoms with Crippen molar-refractivity contribution in [1.29, 1.82) is 0 Å². The number of nitrogens with zero attached hydrogens (tertiary/aromatic N) is 3. The first kappa shape index (κ1) is 32.0. The van der Waals surface area contributed by atoms with Crippen LogP contribution in [0, 0.1) is 0 Å². The first-order valence-electron chi connectivity index (χ1n) is 19.1. The summed E-state index contributed by atoms with van der Waals surface area (Å²) in [6, 6.07) is 76.1. The van der Waals surface area contributed by atoms with E-state index in [2.05, 4.69) is 221 Å². The Balaban J connectivity index is 0.943. The quantitative estimate of drug-likeness (QED) is 0.168. The van der Waals surface area contributed by atoms with Crippen LogP contribution >= 0.6 is 0 Å². The van der Waals surface area contributed by atoms with E-state index in [0.717, 1.165) is 33.9 Å². The number of benzene rings is 8. The predicted molar refractivity (Wildman–Crippen MR) is 235 cm³/mol. The zero-order valence-corrected chi connectivity index (χ0v) is 30.5. The summed E-state index contributed by atoms with van der Waals surface area (Å²) in [7, 11) is 0. The van der Waals surface area contributed by atoms with Gasteiger partial charge in [-0.2, -0.15) is 0 Å². The van der Waals surface area contributed by atoms with Crippen LogP contribution in [-0.2, 0) is 0 Å². The van der Waals surface area contributed by atoms with Gasteiger partial charge >= 0.3 is 0 Å². The Morgan fingerprint density at radius 3 is 1.11 bits per heavy atom. The summed E-state index contributed by atoms with van der Waals surface area (Å²) in [4.78, 5) is 5.23. The molecule has 0 bridgehead atoms. The molecule has 3 heterocycles. The Morgan fingerprint density at radius 1 is 0.250 bits per heavy atom. The molecule has 0 atom stereocenters. The highest BCUT2D eigenvalue weighted by atomic mass is 15.0. The molecule has 0 radical (unpaired) electrons. The van der Waals surface area contributed by atoms with E-state index in [4.69, 9.17) is 4.98 Å². The van der Waals surface area contributed by atoms with Gasteiger partial charge in [0.25, 0.3) is 0 Å². The summed E-state index contributed by atoms with van der Waals surface area (Å²) >= 11 is 0. The molecule has 0 fully saturated rings. The van der Waals surface area contributed by atoms with Crippen molar-refractivity contribution in [3.63, 3.8) is 0 Å². The van der Waals surface area contributed by atoms with Gasteiger partial charge in [-0.25, -0.2) is 4.98 Å². The largest absolute Gasteiger partial charge is 0.309 e. The minimum atomic E-state index is 0.951. The smallest absolute Gasteiger partial charge is 0.0709 e. The van der Waals surface area contributed by atoms with Gasteiger partial charge in [0.2, 0.25) is 0 Å². The molecule has 11 aromatic rings. The molecule has 0 N–H and O–H groups in total. The minimum Gasteiger partial charge on any atom is -0.309 e. The highest BCUT2D eigenvalue weighted by Crippen LogP contribution is 2.38. The van der Waals surface area contributed by atoms with Crippen molar-refractivity contribution in [2.45, 2.75) is 0 Å². The predicted octanol–water partition coefficient (Wildman–Crippen LogP) is 13.9. The van der Waals surface area contributed by atoms with Crippen molar-refractivity contribution in [2.24, 2.45) is 0 Å². The van der Waals surface area contributed by atoms with Crippen molar-refractivity contribution in [2.75, 3.05) is 0 Å². The van der Waals surface area contributed by atoms with Crippen LogP contribution in [0.5, 0.6) is 0 Å². The topological polar surface area (TPSA) is 22.8 Å². The maximum atomic E-state index is 5.23. The van der Waals surface area contributed by atoms with Gasteiger partial charge in [-0.1, -0.05) is 127 Å². The van der Waals surface area contributed by atoms with Crippen molar-refractivity contribution in [1.82, 2.24) is 14.1 Å². The number of hydrogen-bond acceptors (Lipinski definition) is 1. The number of pyridine rings is 1. The van der Waals surface area contributed by atoms with Gasteiger partial charge in [-0.15, -0.1) is 0 Å². The highest BCUT2D eigenvalue weighted by molar-refractivity contribution is 6.11. The van der Waals surface area contributed by atoms with Crippen LogP contribution in [0.15, 0.2) is 212 Å². The van der Waals surface area contributed by atoms with Crippen LogP contribution < -0.4 is 0 Å². The molecule has 0 spiro atoms. The van der Waals surface area contributed by atoms with Crippen molar-refractivity contribution in [3.05, 3.63) is 212 Å². The van der Waals surface area contributed by atoms with Crippen LogP contribution in [0.4, 0.5) is 0 Å². The average molecular weight is 714 g/mol. The maximum Gasteiger partial charge on any atom is 0.0709 e. The molecular formula is C53H35N3. The second-order valence-electron chi connectivity index (χ2n) is 14.4. The molecule has 0 unspecified atom stereocenters. The molecule has 3 aromatic heterocycles. The first-order valence-corrected chi connectivity index (χ1v) is 19.1. The highest BCUT2D eigenvalue weighted by Gasteiger charge is 2.15. The molecule has 0 amide bonds. The van der Waals surface area contributed by atoms with E-state index >= 15 is 0 Å². The zero-order valence-electron chi connectivity index (χ0n) is 30.5. The molecule has 0 saturated heterocycles. The molecule has 0 aliphatic carbocycles. The van der Waals surface area contributed by atoms with E-state index in [9.17, 15) is 0 Å². The van der Waals surface area contributed by atoms with E-state index < -0.39 is 0 Å². The van der Waals surface area contributed by atoms with Crippen molar-refractivity contribution >= 4 is 43.6 Å². The van der Waals surface area contributed by atoms with Gasteiger partial charge in [0, 0.05) is 44.0 Å². The number of para-hydroxylation sites is 4. The normalized spacial score (nSPS) is 11.6. The molecule has 11 rings (SSSR count). The number of hydrogen-bond donors (Lipinski definition) is 0. The first-order chi connectivity index (χ1) is 27.8. The third kappa shape index (κ3) is 5.32. The molecule has 3 heteroatoms. The molecule has 56 heavy (non-hydrogen) atoms. The minimum absolute atomic E-state index is 0.951. The Kier molecular flexibility index (Phi) is 7.49. The second kappa shape index (κ2) is 13.1. The van der Waals surface area contributed by atoms with Crippen molar-refractivity contribution in [3.8, 4) is 56.1 Å². The standard InChI is InChI=1S/C53H35N3/c1-3-18-42(19-4-1)55-50-26-9-7-22-44(50)46-34-38(28-30-52(46)55)36-14-11-16-40(32-36)48-24-13-25-49(54-48)41-17-12-15-37(33-41)39-29-31-53-47(35-39)45-23-8-10-27-51(45)56(53)43-20-5-2-6-21-43/h1-35H. The summed E-state index contributed by atoms with van der Waals surface area (Å²) in [6.45, 7) is 0. The second-order valence-corrected chi connectivity index (χ2v) is 14.4. The van der Waals surface area contributed by atoms with Crippen LogP contribution in [0.25, 0.3) is 99.8 Å². The van der Waals surface area contributed by atoms with E-state index in [1.807, 2.05) is 0 Å². The molecule has 0 aliphatic rings. The zero-order chi connectivity index (χ0) is 37.0. The summed E-state index contributed by atoms with van der Waals surface area (Å²) in [5, 5.41) is 4.99. The third-order valence-corrected chi connectivity index (χ3v) is 11.1. The van der Waals surface area contributed by atoms with E-state index in [1.54, 1.807) is 0 Å². The molecule has 8 aromatic carbocycles. The van der Waals surface area contributed by atoms with Crippen LogP contribution in [0.2, 0.25) is 0 Å². The summed E-state index contributed by atoms with van der Waals surface area (Å²) in [6.07, 6.45) is 0. The Morgan fingerprint density at radius 2 is 0.625 bits per heavy atom. The Labute approximate surface area is 325 Å². The lowest BCUT2D eigenvalue weighted by Gasteiger charge is -2.10. The van der Waals surface area contributed by atoms with Gasteiger partial charge < -0.3 is 9.13 Å². The van der Waals surface area contributed by atoms with Crippen LogP contribution in [0.1, 0.15) is 0 Å². The fraction of sp³-hybridized carbons (Fsp3) is 0. The molecular weight excluding hydrogens is 679 g/mol. The molecule has 262 valence electrons. The Hall–Kier alpha value is -7.49. The van der Waals surface area contributed by atoms with Crippen LogP contribution in [-0.4, -0.2) is 14.1 Å². The summed E-state index contributed by atoms with van der Waals surface area (Å²) < 4.78 is 4.72. The lowest BCUT2D eigenvalue weighted by atomic mass is 9.98. The van der Waals surface area contributed by atoms with E-state index in [1.165, 1.54) is 65.9 Å². The fourth-order valence-corrected chi connectivity index (χ4v) is 8.49. The lowest BCUT2D eigenvalue weighted by molar-refractivity contribution is 1.18. The molecule has 0 saturated carbocycles. The van der Waals surface area contributed by atoms with E-state index in [-0.39, 0.29) is 0 Å². The maximum absolute atomic E-state index is 5.23. The SMILES string of the molecule is c1ccc(-n2c3ccccc3c3cc(-c4cccc(-c5cccc(-c6cccc(-c7ccc8c(c7)c7ccccc7n8-c7ccccc7)c6)n5)c4)ccc32)cc1. The summed E-state index contributed by atoms with van der Waals surface area (Å²) in [5.74, 6) is 0. The third-order valence-electron chi connectivity index (χ3n) is 11.1. The van der Waals surface area contributed by atoms with Gasteiger partial charge in [0.1, 0.15) is 0 Å². The van der Waals surface area contributed by atoms with E-state index in [0.29, 0.717) is 0 Å². The lowest BCUT2D eigenvalue weighted by Crippen LogP contribution is -1.93. The molecule has 3 nitrogen and oxygen atoms in total. The van der Waals surface area contributed by atoms with Gasteiger partial charge in [0.15, 0.2) is 0 Å². The number of rotatable bonds is 6. The van der Waals surface area contributed by atoms with Crippen LogP contribution in [0.3, 0.4) is 0 Å².